The van der Waals surface area contributed by atoms with Gasteiger partial charge in [-0.05, 0) is 32.0 Å². The molecule has 0 N–H and O–H groups in total. The predicted octanol–water partition coefficient (Wildman–Crippen LogP) is -0.151. The molecule has 1 aliphatic heterocycles. The van der Waals surface area contributed by atoms with Crippen LogP contribution in [0.25, 0.3) is 0 Å². The molecular weight excluding hydrogens is 273 g/mol. The summed E-state index contributed by atoms with van der Waals surface area (Å²) in [4.78, 5) is 12.8. The Labute approximate surface area is 147 Å². The number of nitrogens with zero attached hydrogens (tertiary/aromatic N) is 1. The SMILES string of the molecule is CC(C)(C)OC(=O)N1CC2CC2([B-](F)(F)F)C1.[K+]. The zero-order chi connectivity index (χ0) is 13.1. The monoisotopic (exact) mass is 289 g/mol. The van der Waals surface area contributed by atoms with Crippen LogP contribution in [0.3, 0.4) is 0 Å². The van der Waals surface area contributed by atoms with Crippen LogP contribution in [-0.4, -0.2) is 36.7 Å². The van der Waals surface area contributed by atoms with Gasteiger partial charge in [0.25, 0.3) is 0 Å². The number of fused-ring (bicyclic) bond motifs is 1. The zero-order valence-electron chi connectivity index (χ0n) is 11.2. The summed E-state index contributed by atoms with van der Waals surface area (Å²) in [6.07, 6.45) is -0.459. The van der Waals surface area contributed by atoms with E-state index in [1.165, 1.54) is 4.90 Å². The summed E-state index contributed by atoms with van der Waals surface area (Å²) in [6, 6.07) is 0. The third-order valence-corrected chi connectivity index (χ3v) is 3.51. The zero-order valence-corrected chi connectivity index (χ0v) is 14.3. The minimum atomic E-state index is -4.87. The fourth-order valence-electron chi connectivity index (χ4n) is 2.50. The van der Waals surface area contributed by atoms with E-state index in [2.05, 4.69) is 0 Å². The molecule has 98 valence electrons. The van der Waals surface area contributed by atoms with E-state index in [4.69, 9.17) is 4.74 Å². The van der Waals surface area contributed by atoms with Crippen LogP contribution in [0.5, 0.6) is 0 Å². The number of rotatable bonds is 1. The Balaban J connectivity index is 0.00000162. The Bertz CT molecular complexity index is 358. The molecule has 0 aromatic carbocycles. The Kier molecular flexibility index (Phi) is 4.62. The Morgan fingerprint density at radius 1 is 1.39 bits per heavy atom. The summed E-state index contributed by atoms with van der Waals surface area (Å²) >= 11 is 0. The first-order valence-electron chi connectivity index (χ1n) is 5.72. The smallest absolute Gasteiger partial charge is 0.448 e. The molecule has 3 nitrogen and oxygen atoms in total. The van der Waals surface area contributed by atoms with Gasteiger partial charge in [0.15, 0.2) is 0 Å². The predicted molar refractivity (Wildman–Crippen MR) is 57.7 cm³/mol. The summed E-state index contributed by atoms with van der Waals surface area (Å²) in [5.74, 6) is -0.407. The molecule has 1 saturated carbocycles. The van der Waals surface area contributed by atoms with Gasteiger partial charge in [0.05, 0.1) is 0 Å². The molecule has 2 fully saturated rings. The normalized spacial score (nSPS) is 30.6. The van der Waals surface area contributed by atoms with Gasteiger partial charge in [0.2, 0.25) is 0 Å². The maximum absolute atomic E-state index is 12.8. The number of amides is 1. The molecule has 1 aliphatic carbocycles. The molecule has 0 aromatic rings. The van der Waals surface area contributed by atoms with Crippen molar-refractivity contribution in [2.45, 2.75) is 38.1 Å². The minimum Gasteiger partial charge on any atom is -0.448 e. The molecule has 1 saturated heterocycles. The van der Waals surface area contributed by atoms with Crippen LogP contribution in [0.2, 0.25) is 5.31 Å². The van der Waals surface area contributed by atoms with Crippen LogP contribution in [0.4, 0.5) is 17.7 Å². The Hall–Kier alpha value is 0.761. The average Bonchev–Trinajstić information content (AvgIpc) is 2.66. The van der Waals surface area contributed by atoms with Gasteiger partial charge < -0.3 is 22.6 Å². The summed E-state index contributed by atoms with van der Waals surface area (Å²) in [5.41, 5.74) is -0.666. The number of likely N-dealkylation sites (tertiary alicyclic amines) is 1. The first-order chi connectivity index (χ1) is 7.55. The van der Waals surface area contributed by atoms with Crippen molar-refractivity contribution in [1.82, 2.24) is 4.90 Å². The summed E-state index contributed by atoms with van der Waals surface area (Å²) < 4.78 is 43.6. The number of hydrogen-bond acceptors (Lipinski definition) is 2. The molecule has 0 radical (unpaired) electrons. The topological polar surface area (TPSA) is 29.5 Å². The largest absolute Gasteiger partial charge is 1.00 e. The van der Waals surface area contributed by atoms with Gasteiger partial charge in [-0.3, -0.25) is 0 Å². The molecule has 18 heavy (non-hydrogen) atoms. The van der Waals surface area contributed by atoms with Gasteiger partial charge in [0, 0.05) is 13.1 Å². The van der Waals surface area contributed by atoms with Gasteiger partial charge in [-0.15, -0.1) is 0 Å². The van der Waals surface area contributed by atoms with Crippen molar-refractivity contribution in [3.63, 3.8) is 0 Å². The summed E-state index contributed by atoms with van der Waals surface area (Å²) in [6.45, 7) is 0.180. The second-order valence-corrected chi connectivity index (χ2v) is 6.07. The van der Waals surface area contributed by atoms with Crippen LogP contribution < -0.4 is 51.4 Å². The van der Waals surface area contributed by atoms with Gasteiger partial charge in [-0.25, -0.2) is 4.79 Å². The van der Waals surface area contributed by atoms with E-state index in [1.807, 2.05) is 0 Å². The van der Waals surface area contributed by atoms with Crippen molar-refractivity contribution in [3.05, 3.63) is 0 Å². The summed E-state index contributed by atoms with van der Waals surface area (Å²) in [5, 5.41) is -1.59. The molecule has 1 amide bonds. The number of ether oxygens (including phenoxy) is 1. The van der Waals surface area contributed by atoms with Crippen molar-refractivity contribution >= 4 is 13.1 Å². The molecule has 2 aliphatic rings. The van der Waals surface area contributed by atoms with E-state index >= 15 is 0 Å². The fraction of sp³-hybridized carbons (Fsp3) is 0.900. The standard InChI is InChI=1S/C10H16BF3NO2.K/c1-9(2,3)17-8(16)15-5-7-4-10(7,6-15)11(12,13)14;/h7H,4-6H2,1-3H3;/q-1;+1. The Morgan fingerprint density at radius 2 is 1.94 bits per heavy atom. The van der Waals surface area contributed by atoms with Crippen LogP contribution in [0.15, 0.2) is 0 Å². The summed E-state index contributed by atoms with van der Waals surface area (Å²) in [7, 11) is 0. The number of carbonyl (C=O) groups is 1. The fourth-order valence-corrected chi connectivity index (χ4v) is 2.50. The van der Waals surface area contributed by atoms with Crippen molar-refractivity contribution < 1.29 is 73.9 Å². The molecule has 0 bridgehead atoms. The molecule has 0 spiro atoms. The second kappa shape index (κ2) is 4.95. The third-order valence-electron chi connectivity index (χ3n) is 3.51. The van der Waals surface area contributed by atoms with Crippen LogP contribution in [0.1, 0.15) is 27.2 Å². The second-order valence-electron chi connectivity index (χ2n) is 6.07. The first kappa shape index (κ1) is 16.8. The van der Waals surface area contributed by atoms with Crippen molar-refractivity contribution in [1.29, 1.82) is 0 Å². The maximum atomic E-state index is 12.8. The molecule has 2 atom stereocenters. The van der Waals surface area contributed by atoms with Gasteiger partial charge >= 0.3 is 64.5 Å². The maximum Gasteiger partial charge on any atom is 1.00 e. The van der Waals surface area contributed by atoms with E-state index in [-0.39, 0.29) is 70.9 Å². The van der Waals surface area contributed by atoms with E-state index in [9.17, 15) is 17.7 Å². The van der Waals surface area contributed by atoms with Gasteiger partial charge in [-0.1, -0.05) is 6.42 Å². The van der Waals surface area contributed by atoms with Crippen LogP contribution in [-0.2, 0) is 4.74 Å². The van der Waals surface area contributed by atoms with Crippen molar-refractivity contribution in [3.8, 4) is 0 Å². The van der Waals surface area contributed by atoms with Gasteiger partial charge in [0.1, 0.15) is 5.60 Å². The average molecular weight is 289 g/mol. The molecule has 2 rings (SSSR count). The molecule has 8 heteroatoms. The van der Waals surface area contributed by atoms with Gasteiger partial charge in [-0.2, -0.15) is 0 Å². The number of piperidine rings is 1. The Morgan fingerprint density at radius 3 is 2.33 bits per heavy atom. The number of halogens is 3. The molecule has 1 heterocycles. The van der Waals surface area contributed by atoms with E-state index in [0.29, 0.717) is 0 Å². The quantitative estimate of drug-likeness (QED) is 0.628. The first-order valence-corrected chi connectivity index (χ1v) is 5.72. The van der Waals surface area contributed by atoms with E-state index < -0.39 is 29.9 Å². The third kappa shape index (κ3) is 3.08. The molecule has 2 unspecified atom stereocenters. The molecule has 0 aromatic heterocycles. The number of hydrogen-bond donors (Lipinski definition) is 0. The minimum absolute atomic E-state index is 0. The van der Waals surface area contributed by atoms with E-state index in [1.54, 1.807) is 20.8 Å². The van der Waals surface area contributed by atoms with Crippen LogP contribution in [0, 0.1) is 5.92 Å². The molecular formula is C10H16BF3KNO2. The van der Waals surface area contributed by atoms with Crippen molar-refractivity contribution in [2.75, 3.05) is 13.1 Å². The van der Waals surface area contributed by atoms with E-state index in [0.717, 1.165) is 0 Å². The number of carbonyl (C=O) groups excluding carboxylic acids is 1. The van der Waals surface area contributed by atoms with Crippen LogP contribution >= 0.6 is 0 Å². The van der Waals surface area contributed by atoms with Crippen molar-refractivity contribution in [2.24, 2.45) is 5.92 Å².